The molecule has 0 fully saturated rings. The first kappa shape index (κ1) is 12.7. The summed E-state index contributed by atoms with van der Waals surface area (Å²) < 4.78 is 0. The number of hydrogen-bond acceptors (Lipinski definition) is 3. The van der Waals surface area contributed by atoms with Gasteiger partial charge in [0.1, 0.15) is 0 Å². The van der Waals surface area contributed by atoms with E-state index in [0.717, 1.165) is 5.69 Å². The number of thiophene rings is 1. The van der Waals surface area contributed by atoms with E-state index in [-0.39, 0.29) is 6.15 Å². The second-order valence-corrected chi connectivity index (χ2v) is 5.12. The number of para-hydroxylation sites is 1. The SMILES string of the molecule is Cc1ccc(C(C)c2ccccc2N)s1.N. The summed E-state index contributed by atoms with van der Waals surface area (Å²) in [5.74, 6) is 0.393. The largest absolute Gasteiger partial charge is 0.398 e. The van der Waals surface area contributed by atoms with E-state index in [2.05, 4.69) is 32.0 Å². The van der Waals surface area contributed by atoms with Gasteiger partial charge in [-0.2, -0.15) is 0 Å². The van der Waals surface area contributed by atoms with E-state index in [9.17, 15) is 0 Å². The Balaban J connectivity index is 0.00000128. The Morgan fingerprint density at radius 1 is 1.12 bits per heavy atom. The molecule has 0 amide bonds. The lowest BCUT2D eigenvalue weighted by Crippen LogP contribution is -1.98. The van der Waals surface area contributed by atoms with Crippen LogP contribution in [0.2, 0.25) is 0 Å². The molecule has 1 aromatic carbocycles. The molecule has 1 atom stereocenters. The molecule has 0 bridgehead atoms. The fourth-order valence-electron chi connectivity index (χ4n) is 1.74. The highest BCUT2D eigenvalue weighted by Gasteiger charge is 2.12. The highest BCUT2D eigenvalue weighted by Crippen LogP contribution is 2.32. The Morgan fingerprint density at radius 2 is 1.81 bits per heavy atom. The quantitative estimate of drug-likeness (QED) is 0.773. The molecule has 0 aliphatic heterocycles. The molecule has 1 heterocycles. The molecule has 1 unspecified atom stereocenters. The Kier molecular flexibility index (Phi) is 4.10. The zero-order valence-electron chi connectivity index (χ0n) is 9.73. The number of rotatable bonds is 2. The molecule has 3 heteroatoms. The molecule has 0 aliphatic carbocycles. The van der Waals surface area contributed by atoms with E-state index in [1.165, 1.54) is 15.3 Å². The third kappa shape index (κ3) is 2.43. The van der Waals surface area contributed by atoms with Gasteiger partial charge >= 0.3 is 0 Å². The van der Waals surface area contributed by atoms with Crippen LogP contribution in [0, 0.1) is 6.92 Å². The van der Waals surface area contributed by atoms with Crippen molar-refractivity contribution in [3.63, 3.8) is 0 Å². The number of aryl methyl sites for hydroxylation is 1. The van der Waals surface area contributed by atoms with Gasteiger partial charge < -0.3 is 11.9 Å². The Labute approximate surface area is 101 Å². The van der Waals surface area contributed by atoms with Crippen LogP contribution >= 0.6 is 11.3 Å². The van der Waals surface area contributed by atoms with Crippen LogP contribution in [0.3, 0.4) is 0 Å². The number of anilines is 1. The summed E-state index contributed by atoms with van der Waals surface area (Å²) in [6, 6.07) is 12.4. The summed E-state index contributed by atoms with van der Waals surface area (Å²) in [4.78, 5) is 2.73. The molecule has 86 valence electrons. The molecule has 5 N–H and O–H groups in total. The Hall–Kier alpha value is -1.32. The first-order chi connectivity index (χ1) is 7.18. The van der Waals surface area contributed by atoms with Crippen LogP contribution in [0.1, 0.15) is 28.2 Å². The van der Waals surface area contributed by atoms with Gasteiger partial charge in [0.2, 0.25) is 0 Å². The summed E-state index contributed by atoms with van der Waals surface area (Å²) in [6.45, 7) is 4.34. The first-order valence-electron chi connectivity index (χ1n) is 5.09. The van der Waals surface area contributed by atoms with Crippen molar-refractivity contribution in [2.24, 2.45) is 0 Å². The summed E-state index contributed by atoms with van der Waals surface area (Å²) in [7, 11) is 0. The molecule has 0 saturated heterocycles. The predicted octanol–water partition coefficient (Wildman–Crippen LogP) is 3.95. The average Bonchev–Trinajstić information content (AvgIpc) is 2.65. The lowest BCUT2D eigenvalue weighted by molar-refractivity contribution is 0.951. The molecule has 0 saturated carbocycles. The van der Waals surface area contributed by atoms with Gasteiger partial charge in [-0.05, 0) is 30.7 Å². The smallest absolute Gasteiger partial charge is 0.0353 e. The van der Waals surface area contributed by atoms with E-state index in [1.807, 2.05) is 29.5 Å². The minimum absolute atomic E-state index is 0. The van der Waals surface area contributed by atoms with Crippen molar-refractivity contribution < 1.29 is 0 Å². The van der Waals surface area contributed by atoms with Crippen molar-refractivity contribution in [2.45, 2.75) is 19.8 Å². The number of hydrogen-bond donors (Lipinski definition) is 2. The van der Waals surface area contributed by atoms with Gasteiger partial charge in [-0.3, -0.25) is 0 Å². The van der Waals surface area contributed by atoms with E-state index >= 15 is 0 Å². The zero-order chi connectivity index (χ0) is 10.8. The van der Waals surface area contributed by atoms with Gasteiger partial charge in [-0.25, -0.2) is 0 Å². The fourth-order valence-corrected chi connectivity index (χ4v) is 2.69. The van der Waals surface area contributed by atoms with Crippen molar-refractivity contribution >= 4 is 17.0 Å². The first-order valence-corrected chi connectivity index (χ1v) is 5.91. The number of nitrogens with two attached hydrogens (primary N) is 1. The van der Waals surface area contributed by atoms with E-state index in [1.54, 1.807) is 0 Å². The van der Waals surface area contributed by atoms with Crippen LogP contribution < -0.4 is 11.9 Å². The molecule has 2 rings (SSSR count). The summed E-state index contributed by atoms with van der Waals surface area (Å²) in [5.41, 5.74) is 8.08. The normalized spacial score (nSPS) is 11.9. The number of benzene rings is 1. The molecule has 1 aromatic heterocycles. The monoisotopic (exact) mass is 234 g/mol. The van der Waals surface area contributed by atoms with E-state index in [4.69, 9.17) is 5.73 Å². The zero-order valence-corrected chi connectivity index (χ0v) is 10.6. The lowest BCUT2D eigenvalue weighted by Gasteiger charge is -2.12. The van der Waals surface area contributed by atoms with Crippen LogP contribution in [0.25, 0.3) is 0 Å². The lowest BCUT2D eigenvalue weighted by atomic mass is 9.98. The second-order valence-electron chi connectivity index (χ2n) is 3.80. The third-order valence-corrected chi connectivity index (χ3v) is 3.83. The maximum atomic E-state index is 5.97. The topological polar surface area (TPSA) is 61.0 Å². The molecular weight excluding hydrogens is 216 g/mol. The number of nitrogen functional groups attached to an aromatic ring is 1. The van der Waals surface area contributed by atoms with Crippen LogP contribution in [-0.4, -0.2) is 0 Å². The Morgan fingerprint density at radius 3 is 2.38 bits per heavy atom. The fraction of sp³-hybridized carbons (Fsp3) is 0.231. The van der Waals surface area contributed by atoms with Crippen molar-refractivity contribution in [3.05, 3.63) is 51.7 Å². The maximum absolute atomic E-state index is 5.97. The van der Waals surface area contributed by atoms with Gasteiger partial charge in [-0.15, -0.1) is 11.3 Å². The highest BCUT2D eigenvalue weighted by atomic mass is 32.1. The molecule has 16 heavy (non-hydrogen) atoms. The minimum Gasteiger partial charge on any atom is -0.398 e. The average molecular weight is 234 g/mol. The third-order valence-electron chi connectivity index (χ3n) is 2.65. The van der Waals surface area contributed by atoms with Crippen LogP contribution in [0.4, 0.5) is 5.69 Å². The van der Waals surface area contributed by atoms with Gasteiger partial charge in [-0.1, -0.05) is 25.1 Å². The highest BCUT2D eigenvalue weighted by molar-refractivity contribution is 7.12. The van der Waals surface area contributed by atoms with Crippen molar-refractivity contribution in [1.29, 1.82) is 0 Å². The van der Waals surface area contributed by atoms with Crippen molar-refractivity contribution in [3.8, 4) is 0 Å². The van der Waals surface area contributed by atoms with Gasteiger partial charge in [0.05, 0.1) is 0 Å². The molecular formula is C13H18N2S. The summed E-state index contributed by atoms with van der Waals surface area (Å²) in [5, 5.41) is 0. The van der Waals surface area contributed by atoms with Gasteiger partial charge in [0.15, 0.2) is 0 Å². The van der Waals surface area contributed by atoms with Crippen molar-refractivity contribution in [2.75, 3.05) is 5.73 Å². The standard InChI is InChI=1S/C13H15NS.H3N/c1-9-7-8-13(15-9)10(2)11-5-3-4-6-12(11)14;/h3-8,10H,14H2,1-2H3;1H3. The molecule has 0 radical (unpaired) electrons. The maximum Gasteiger partial charge on any atom is 0.0353 e. The molecule has 0 aliphatic rings. The van der Waals surface area contributed by atoms with Gasteiger partial charge in [0, 0.05) is 21.4 Å². The van der Waals surface area contributed by atoms with Crippen molar-refractivity contribution in [1.82, 2.24) is 6.15 Å². The summed E-state index contributed by atoms with van der Waals surface area (Å²) in [6.07, 6.45) is 0. The Bertz CT molecular complexity index is 462. The van der Waals surface area contributed by atoms with Crippen LogP contribution in [0.15, 0.2) is 36.4 Å². The predicted molar refractivity (Wildman–Crippen MR) is 72.4 cm³/mol. The molecule has 2 aromatic rings. The van der Waals surface area contributed by atoms with Crippen LogP contribution in [-0.2, 0) is 0 Å². The molecule has 2 nitrogen and oxygen atoms in total. The second kappa shape index (κ2) is 5.14. The summed E-state index contributed by atoms with van der Waals surface area (Å²) >= 11 is 1.84. The van der Waals surface area contributed by atoms with E-state index in [0.29, 0.717) is 5.92 Å². The van der Waals surface area contributed by atoms with E-state index < -0.39 is 0 Å². The van der Waals surface area contributed by atoms with Gasteiger partial charge in [0.25, 0.3) is 0 Å². The van der Waals surface area contributed by atoms with Crippen LogP contribution in [0.5, 0.6) is 0 Å². The molecule has 0 spiro atoms. The minimum atomic E-state index is 0.